The van der Waals surface area contributed by atoms with E-state index in [0.717, 1.165) is 19.3 Å². The Balaban J connectivity index is 1.22. The monoisotopic (exact) mass is 1040 g/mol. The first-order valence-electron chi connectivity index (χ1n) is 29.2. The zero-order chi connectivity index (χ0) is 55.4. The average Bonchev–Trinajstić information content (AvgIpc) is 2.13. The minimum atomic E-state index is -0.224. The second kappa shape index (κ2) is 21.0. The molecule has 2 heterocycles. The van der Waals surface area contributed by atoms with Gasteiger partial charge in [-0.05, 0) is 155 Å². The van der Waals surface area contributed by atoms with Crippen LogP contribution in [0.4, 0.5) is 34.1 Å². The van der Waals surface area contributed by atoms with Gasteiger partial charge in [0.2, 0.25) is 0 Å². The highest BCUT2D eigenvalue weighted by atomic mass is 15.2. The molecular weight excluding hydrogens is 976 g/mol. The number of fused-ring (bicyclic) bond motifs is 4. The highest BCUT2D eigenvalue weighted by molar-refractivity contribution is 7.00. The van der Waals surface area contributed by atoms with Crippen molar-refractivity contribution in [3.63, 3.8) is 0 Å². The molecule has 13 rings (SSSR count). The van der Waals surface area contributed by atoms with Crippen molar-refractivity contribution >= 4 is 57.2 Å². The molecule has 0 radical (unpaired) electrons. The van der Waals surface area contributed by atoms with Gasteiger partial charge in [-0.15, -0.1) is 0 Å². The van der Waals surface area contributed by atoms with Gasteiger partial charge in [0.25, 0.3) is 6.71 Å². The van der Waals surface area contributed by atoms with Gasteiger partial charge in [-0.25, -0.2) is 0 Å². The van der Waals surface area contributed by atoms with Gasteiger partial charge in [0.05, 0.1) is 11.4 Å². The van der Waals surface area contributed by atoms with E-state index in [1.807, 2.05) is 0 Å². The number of hydrogen-bond donors (Lipinski definition) is 0. The normalized spacial score (nSPS) is 12.7. The maximum atomic E-state index is 2.72. The molecule has 81 heavy (non-hydrogen) atoms. The van der Waals surface area contributed by atoms with Crippen LogP contribution in [0.15, 0.2) is 255 Å². The van der Waals surface area contributed by atoms with Crippen LogP contribution in [0, 0.1) is 0 Å². The molecule has 11 aromatic carbocycles. The Bertz CT molecular complexity index is 4020. The second-order valence-corrected chi connectivity index (χ2v) is 24.3. The summed E-state index contributed by atoms with van der Waals surface area (Å²) in [6.45, 7) is 16.4. The van der Waals surface area contributed by atoms with Gasteiger partial charge in [-0.1, -0.05) is 261 Å². The zero-order valence-electron chi connectivity index (χ0n) is 47.8. The van der Waals surface area contributed by atoms with Crippen molar-refractivity contribution in [3.05, 3.63) is 271 Å². The van der Waals surface area contributed by atoms with Crippen LogP contribution in [0.1, 0.15) is 78.0 Å². The second-order valence-electron chi connectivity index (χ2n) is 24.3. The summed E-state index contributed by atoms with van der Waals surface area (Å²) in [5.74, 6) is 0. The van der Waals surface area contributed by atoms with Gasteiger partial charge in [0.15, 0.2) is 0 Å². The molecule has 0 bridgehead atoms. The van der Waals surface area contributed by atoms with E-state index in [9.17, 15) is 0 Å². The summed E-state index contributed by atoms with van der Waals surface area (Å²) in [5, 5.41) is 0. The molecule has 0 atom stereocenters. The van der Waals surface area contributed by atoms with Crippen LogP contribution in [0.25, 0.3) is 66.8 Å². The third-order valence-electron chi connectivity index (χ3n) is 16.9. The molecule has 394 valence electrons. The maximum Gasteiger partial charge on any atom is 0.252 e. The molecule has 2 nitrogen and oxygen atoms in total. The van der Waals surface area contributed by atoms with E-state index >= 15 is 0 Å². The molecular formula is C78H69BN2. The first-order chi connectivity index (χ1) is 39.4. The summed E-state index contributed by atoms with van der Waals surface area (Å²) in [6.07, 6.45) is 3.08. The largest absolute Gasteiger partial charge is 0.311 e. The Morgan fingerprint density at radius 2 is 0.679 bits per heavy atom. The topological polar surface area (TPSA) is 6.48 Å². The van der Waals surface area contributed by atoms with Gasteiger partial charge in [0, 0.05) is 39.4 Å². The number of aryl methyl sites for hydroxylation is 1. The number of unbranched alkanes of at least 4 members (excludes halogenated alkanes) is 1. The van der Waals surface area contributed by atoms with Gasteiger partial charge < -0.3 is 9.80 Å². The molecule has 2 aliphatic rings. The van der Waals surface area contributed by atoms with Gasteiger partial charge in [-0.3, -0.25) is 0 Å². The molecule has 2 aliphatic heterocycles. The lowest BCUT2D eigenvalue weighted by molar-refractivity contribution is 0.590. The molecule has 0 spiro atoms. The summed E-state index contributed by atoms with van der Waals surface area (Å²) in [4.78, 5) is 5.42. The van der Waals surface area contributed by atoms with Crippen molar-refractivity contribution in [1.82, 2.24) is 0 Å². The average molecular weight is 1050 g/mol. The van der Waals surface area contributed by atoms with E-state index in [0.29, 0.717) is 0 Å². The quantitative estimate of drug-likeness (QED) is 0.119. The number of rotatable bonds is 11. The van der Waals surface area contributed by atoms with E-state index in [1.54, 1.807) is 0 Å². The fraction of sp³-hybridized carbons (Fsp3) is 0.154. The van der Waals surface area contributed by atoms with Crippen LogP contribution < -0.4 is 26.2 Å². The zero-order valence-corrected chi connectivity index (χ0v) is 47.8. The summed E-state index contributed by atoms with van der Waals surface area (Å²) in [6, 6.07) is 96.2. The van der Waals surface area contributed by atoms with Crippen LogP contribution >= 0.6 is 0 Å². The lowest BCUT2D eigenvalue weighted by atomic mass is 9.33. The Labute approximate surface area is 481 Å². The molecule has 0 amide bonds. The third kappa shape index (κ3) is 9.49. The fourth-order valence-electron chi connectivity index (χ4n) is 12.7. The number of hydrogen-bond acceptors (Lipinski definition) is 2. The molecule has 0 saturated carbocycles. The molecule has 0 N–H and O–H groups in total. The van der Waals surface area contributed by atoms with Crippen molar-refractivity contribution in [2.75, 3.05) is 9.80 Å². The smallest absolute Gasteiger partial charge is 0.252 e. The van der Waals surface area contributed by atoms with Crippen LogP contribution in [0.5, 0.6) is 0 Å². The molecule has 11 aromatic rings. The summed E-state index contributed by atoms with van der Waals surface area (Å²) in [7, 11) is 0. The Hall–Kier alpha value is -8.92. The highest BCUT2D eigenvalue weighted by Gasteiger charge is 2.46. The van der Waals surface area contributed by atoms with E-state index in [4.69, 9.17) is 0 Å². The van der Waals surface area contributed by atoms with Crippen LogP contribution in [0.3, 0.4) is 0 Å². The molecule has 0 unspecified atom stereocenters. The lowest BCUT2D eigenvalue weighted by Gasteiger charge is -2.46. The van der Waals surface area contributed by atoms with E-state index in [-0.39, 0.29) is 17.5 Å². The van der Waals surface area contributed by atoms with E-state index in [2.05, 4.69) is 313 Å². The SMILES string of the molecule is CCCCc1cc(-c2ccccc2)cc(-c2ccccc2)c1N1c2ccc(-c3ccccc3)cc2B2c3cc(-c4ccccc4)ccc3N(c3c(-c4ccccc4)cc(C(C)(C)C)cc3-c3ccccc3)c3cc(C(C)(C)C)cc1c32. The van der Waals surface area contributed by atoms with E-state index < -0.39 is 0 Å². The molecule has 0 aromatic heterocycles. The molecule has 0 aliphatic carbocycles. The highest BCUT2D eigenvalue weighted by Crippen LogP contribution is 2.54. The summed E-state index contributed by atoms with van der Waals surface area (Å²) < 4.78 is 0. The third-order valence-corrected chi connectivity index (χ3v) is 16.9. The predicted octanol–water partition coefficient (Wildman–Crippen LogP) is 19.7. The molecule has 0 fully saturated rings. The maximum absolute atomic E-state index is 2.72. The van der Waals surface area contributed by atoms with Crippen LogP contribution in [-0.2, 0) is 17.3 Å². The number of nitrogens with zero attached hydrogens (tertiary/aromatic N) is 2. The summed E-state index contributed by atoms with van der Waals surface area (Å²) >= 11 is 0. The van der Waals surface area contributed by atoms with Crippen molar-refractivity contribution in [2.45, 2.75) is 78.6 Å². The minimum absolute atomic E-state index is 0.130. The fourth-order valence-corrected chi connectivity index (χ4v) is 12.7. The van der Waals surface area contributed by atoms with Crippen LogP contribution in [0.2, 0.25) is 0 Å². The first-order valence-corrected chi connectivity index (χ1v) is 29.2. The summed E-state index contributed by atoms with van der Waals surface area (Å²) in [5.41, 5.74) is 29.2. The van der Waals surface area contributed by atoms with Gasteiger partial charge >= 0.3 is 0 Å². The minimum Gasteiger partial charge on any atom is -0.311 e. The standard InChI is InChI=1S/C78H69BN2/c1-8-9-28-61-45-62(55-33-20-12-21-34-55)46-65(56-35-22-13-23-36-56)75(61)80-70-43-41-59(53-29-16-10-17-30-53)47-68(70)79-69-48-60(54-31-18-11-19-32-54)42-44-71(69)81(73-52-64(78(5,6)7)51-72(80)74(73)79)76-66(57-37-24-14-25-38-57)49-63(77(2,3)4)50-67(76)58-39-26-15-27-40-58/h10-27,29-52H,8-9,28H2,1-7H3. The van der Waals surface area contributed by atoms with Gasteiger partial charge in [0.1, 0.15) is 0 Å². The van der Waals surface area contributed by atoms with E-state index in [1.165, 1.54) is 134 Å². The van der Waals surface area contributed by atoms with Crippen molar-refractivity contribution in [2.24, 2.45) is 0 Å². The lowest BCUT2D eigenvalue weighted by Crippen LogP contribution is -2.61. The van der Waals surface area contributed by atoms with Crippen molar-refractivity contribution in [3.8, 4) is 66.8 Å². The Kier molecular flexibility index (Phi) is 13.3. The molecule has 0 saturated heterocycles. The van der Waals surface area contributed by atoms with Crippen LogP contribution in [-0.4, -0.2) is 6.71 Å². The molecule has 3 heteroatoms. The van der Waals surface area contributed by atoms with Gasteiger partial charge in [-0.2, -0.15) is 0 Å². The predicted molar refractivity (Wildman–Crippen MR) is 349 cm³/mol. The number of benzene rings is 11. The Morgan fingerprint density at radius 1 is 0.321 bits per heavy atom. The number of anilines is 6. The van der Waals surface area contributed by atoms with Crippen molar-refractivity contribution < 1.29 is 0 Å². The van der Waals surface area contributed by atoms with Crippen molar-refractivity contribution in [1.29, 1.82) is 0 Å². The first kappa shape index (κ1) is 51.5. The Morgan fingerprint density at radius 3 is 1.07 bits per heavy atom.